The van der Waals surface area contributed by atoms with Crippen molar-refractivity contribution in [2.24, 2.45) is 5.92 Å². The molecule has 0 aliphatic heterocycles. The molecule has 0 spiro atoms. The number of carboxylic acids is 1. The van der Waals surface area contributed by atoms with Gasteiger partial charge in [-0.1, -0.05) is 19.4 Å². The third-order valence-electron chi connectivity index (χ3n) is 4.39. The zero-order chi connectivity index (χ0) is 15.5. The minimum atomic E-state index is -1.01. The van der Waals surface area contributed by atoms with Crippen LogP contribution in [0.15, 0.2) is 24.3 Å². The molecule has 0 atom stereocenters. The Morgan fingerprint density at radius 1 is 1.48 bits per heavy atom. The lowest BCUT2D eigenvalue weighted by molar-refractivity contribution is -0.384. The van der Waals surface area contributed by atoms with Crippen LogP contribution in [0, 0.1) is 16.0 Å². The van der Waals surface area contributed by atoms with E-state index in [1.54, 1.807) is 12.1 Å². The van der Waals surface area contributed by atoms with Gasteiger partial charge in [-0.15, -0.1) is 0 Å². The lowest BCUT2D eigenvalue weighted by Gasteiger charge is -2.38. The largest absolute Gasteiger partial charge is 0.480 e. The minimum Gasteiger partial charge on any atom is -0.480 e. The maximum atomic E-state index is 11.7. The van der Waals surface area contributed by atoms with E-state index in [1.165, 1.54) is 12.1 Å². The molecule has 114 valence electrons. The molecule has 6 heteroatoms. The Balaban J connectivity index is 2.19. The Kier molecular flexibility index (Phi) is 4.45. The first-order valence-electron chi connectivity index (χ1n) is 7.23. The first-order chi connectivity index (χ1) is 9.97. The summed E-state index contributed by atoms with van der Waals surface area (Å²) in [6.45, 7) is 2.12. The van der Waals surface area contributed by atoms with E-state index in [0.29, 0.717) is 24.4 Å². The number of rotatable bonds is 5. The summed E-state index contributed by atoms with van der Waals surface area (Å²) in [6.07, 6.45) is 3.88. The minimum absolute atomic E-state index is 0.0391. The number of anilines is 1. The van der Waals surface area contributed by atoms with Crippen LogP contribution in [0.3, 0.4) is 0 Å². The van der Waals surface area contributed by atoms with E-state index in [1.807, 2.05) is 0 Å². The normalized spacial score (nSPS) is 25.3. The van der Waals surface area contributed by atoms with Crippen LogP contribution in [0.25, 0.3) is 0 Å². The molecule has 1 aliphatic rings. The molecule has 0 aromatic heterocycles. The number of carboxylic acid groups (broad SMARTS) is 1. The van der Waals surface area contributed by atoms with Gasteiger partial charge in [-0.25, -0.2) is 4.79 Å². The van der Waals surface area contributed by atoms with E-state index in [0.717, 1.165) is 19.3 Å². The zero-order valence-electron chi connectivity index (χ0n) is 12.0. The molecular formula is C15H20N2O4. The average molecular weight is 292 g/mol. The number of nitrogens with one attached hydrogen (secondary N) is 1. The van der Waals surface area contributed by atoms with Crippen LogP contribution in [0.1, 0.15) is 39.0 Å². The molecule has 1 aliphatic carbocycles. The van der Waals surface area contributed by atoms with Gasteiger partial charge in [-0.3, -0.25) is 10.1 Å². The van der Waals surface area contributed by atoms with Crippen molar-refractivity contribution in [2.75, 3.05) is 5.32 Å². The highest BCUT2D eigenvalue weighted by Crippen LogP contribution is 2.36. The molecular weight excluding hydrogens is 272 g/mol. The summed E-state index contributed by atoms with van der Waals surface area (Å²) in [5.41, 5.74) is -0.565. The van der Waals surface area contributed by atoms with Gasteiger partial charge in [0.25, 0.3) is 5.69 Å². The fourth-order valence-electron chi connectivity index (χ4n) is 2.94. The molecule has 1 fully saturated rings. The smallest absolute Gasteiger partial charge is 0.329 e. The van der Waals surface area contributed by atoms with Crippen LogP contribution in [0.2, 0.25) is 0 Å². The van der Waals surface area contributed by atoms with Crippen LogP contribution >= 0.6 is 0 Å². The summed E-state index contributed by atoms with van der Waals surface area (Å²) in [7, 11) is 0. The summed E-state index contributed by atoms with van der Waals surface area (Å²) in [5.74, 6) is -0.312. The molecule has 0 amide bonds. The van der Waals surface area contributed by atoms with Crippen molar-refractivity contribution in [3.8, 4) is 0 Å². The summed E-state index contributed by atoms with van der Waals surface area (Å²) in [4.78, 5) is 22.0. The molecule has 21 heavy (non-hydrogen) atoms. The van der Waals surface area contributed by atoms with Crippen molar-refractivity contribution >= 4 is 17.3 Å². The number of nitro benzene ring substituents is 1. The second kappa shape index (κ2) is 6.11. The maximum Gasteiger partial charge on any atom is 0.329 e. The van der Waals surface area contributed by atoms with Crippen molar-refractivity contribution < 1.29 is 14.8 Å². The summed E-state index contributed by atoms with van der Waals surface area (Å²) < 4.78 is 0. The fourth-order valence-corrected chi connectivity index (χ4v) is 2.94. The van der Waals surface area contributed by atoms with E-state index in [4.69, 9.17) is 0 Å². The molecule has 1 aromatic rings. The van der Waals surface area contributed by atoms with Crippen LogP contribution in [0.4, 0.5) is 11.4 Å². The van der Waals surface area contributed by atoms with Gasteiger partial charge in [-0.2, -0.15) is 0 Å². The Morgan fingerprint density at radius 2 is 2.14 bits per heavy atom. The molecule has 0 bridgehead atoms. The standard InChI is InChI=1S/C15H20N2O4/c1-2-11-6-8-15(9-7-11,14(18)19)16-12-4-3-5-13(10-12)17(20)21/h3-5,10-11,16H,2,6-9H2,1H3,(H,18,19). The van der Waals surface area contributed by atoms with Gasteiger partial charge in [0, 0.05) is 17.8 Å². The van der Waals surface area contributed by atoms with Gasteiger partial charge in [0.05, 0.1) is 4.92 Å². The molecule has 2 rings (SSSR count). The molecule has 2 N–H and O–H groups in total. The summed E-state index contributed by atoms with van der Waals surface area (Å²) >= 11 is 0. The van der Waals surface area contributed by atoms with Crippen molar-refractivity contribution in [3.05, 3.63) is 34.4 Å². The number of non-ortho nitro benzene ring substituents is 1. The van der Waals surface area contributed by atoms with Crippen molar-refractivity contribution in [3.63, 3.8) is 0 Å². The van der Waals surface area contributed by atoms with E-state index >= 15 is 0 Å². The average Bonchev–Trinajstić information content (AvgIpc) is 2.48. The van der Waals surface area contributed by atoms with Gasteiger partial charge in [0.15, 0.2) is 0 Å². The monoisotopic (exact) mass is 292 g/mol. The fraction of sp³-hybridized carbons (Fsp3) is 0.533. The first kappa shape index (κ1) is 15.3. The summed E-state index contributed by atoms with van der Waals surface area (Å²) in [6, 6.07) is 6.01. The first-order valence-corrected chi connectivity index (χ1v) is 7.23. The van der Waals surface area contributed by atoms with Crippen LogP contribution in [-0.2, 0) is 4.79 Å². The number of benzene rings is 1. The number of hydrogen-bond acceptors (Lipinski definition) is 4. The van der Waals surface area contributed by atoms with Gasteiger partial charge in [-0.05, 0) is 37.7 Å². The highest BCUT2D eigenvalue weighted by Gasteiger charge is 2.41. The van der Waals surface area contributed by atoms with E-state index < -0.39 is 16.4 Å². The predicted molar refractivity (Wildman–Crippen MR) is 79.3 cm³/mol. The molecule has 1 aromatic carbocycles. The third kappa shape index (κ3) is 3.32. The van der Waals surface area contributed by atoms with E-state index in [9.17, 15) is 20.0 Å². The van der Waals surface area contributed by atoms with Crippen LogP contribution in [0.5, 0.6) is 0 Å². The Morgan fingerprint density at radius 3 is 2.67 bits per heavy atom. The Bertz CT molecular complexity index is 536. The predicted octanol–water partition coefficient (Wildman–Crippen LogP) is 3.43. The van der Waals surface area contributed by atoms with Crippen LogP contribution in [-0.4, -0.2) is 21.5 Å². The molecule has 0 heterocycles. The van der Waals surface area contributed by atoms with Crippen molar-refractivity contribution in [1.82, 2.24) is 0 Å². The van der Waals surface area contributed by atoms with E-state index in [-0.39, 0.29) is 5.69 Å². The second-order valence-electron chi connectivity index (χ2n) is 5.67. The topological polar surface area (TPSA) is 92.5 Å². The number of nitro groups is 1. The lowest BCUT2D eigenvalue weighted by atomic mass is 9.75. The van der Waals surface area contributed by atoms with Gasteiger partial charge in [0.2, 0.25) is 0 Å². The quantitative estimate of drug-likeness (QED) is 0.640. The summed E-state index contributed by atoms with van der Waals surface area (Å²) in [5, 5.41) is 23.4. The number of aliphatic carboxylic acids is 1. The van der Waals surface area contributed by atoms with Gasteiger partial charge in [0.1, 0.15) is 5.54 Å². The van der Waals surface area contributed by atoms with Crippen LogP contribution < -0.4 is 5.32 Å². The molecule has 6 nitrogen and oxygen atoms in total. The Labute approximate surface area is 123 Å². The number of hydrogen-bond donors (Lipinski definition) is 2. The SMILES string of the molecule is CCC1CCC(Nc2cccc([N+](=O)[O-])c2)(C(=O)O)CC1. The molecule has 1 saturated carbocycles. The maximum absolute atomic E-state index is 11.7. The van der Waals surface area contributed by atoms with Gasteiger partial charge >= 0.3 is 5.97 Å². The van der Waals surface area contributed by atoms with Gasteiger partial charge < -0.3 is 10.4 Å². The van der Waals surface area contributed by atoms with E-state index in [2.05, 4.69) is 12.2 Å². The Hall–Kier alpha value is -2.11. The third-order valence-corrected chi connectivity index (χ3v) is 4.39. The number of carbonyl (C=O) groups is 1. The second-order valence-corrected chi connectivity index (χ2v) is 5.67. The molecule has 0 radical (unpaired) electrons. The zero-order valence-corrected chi connectivity index (χ0v) is 12.0. The van der Waals surface area contributed by atoms with Crippen molar-refractivity contribution in [2.45, 2.75) is 44.6 Å². The molecule has 0 unspecified atom stereocenters. The molecule has 0 saturated heterocycles. The van der Waals surface area contributed by atoms with Crippen molar-refractivity contribution in [1.29, 1.82) is 0 Å². The highest BCUT2D eigenvalue weighted by molar-refractivity contribution is 5.83. The lowest BCUT2D eigenvalue weighted by Crippen LogP contribution is -2.49. The number of nitrogens with zero attached hydrogens (tertiary/aromatic N) is 1. The highest BCUT2D eigenvalue weighted by atomic mass is 16.6.